The quantitative estimate of drug-likeness (QED) is 0.836. The molecule has 0 bridgehead atoms. The Balaban J connectivity index is 1.45. The summed E-state index contributed by atoms with van der Waals surface area (Å²) in [6, 6.07) is 0. The molecule has 1 aliphatic heterocycles. The van der Waals surface area contributed by atoms with Gasteiger partial charge in [0.1, 0.15) is 0 Å². The smallest absolute Gasteiger partial charge is 0.225 e. The molecular formula is C18H30N4O2. The van der Waals surface area contributed by atoms with Gasteiger partial charge in [-0.3, -0.25) is 9.48 Å². The molecule has 134 valence electrons. The lowest BCUT2D eigenvalue weighted by Gasteiger charge is -2.34. The normalized spacial score (nSPS) is 21.0. The first-order valence-corrected chi connectivity index (χ1v) is 9.55. The SMILES string of the molecule is O=C(C1CCCCCC1)N1CCC(Cn2cc(CCO)nn2)CC1. The number of piperidine rings is 1. The van der Waals surface area contributed by atoms with Gasteiger partial charge in [0.25, 0.3) is 0 Å². The predicted molar refractivity (Wildman–Crippen MR) is 91.3 cm³/mol. The van der Waals surface area contributed by atoms with Crippen LogP contribution in [0.4, 0.5) is 0 Å². The van der Waals surface area contributed by atoms with Crippen LogP contribution in [0.2, 0.25) is 0 Å². The number of amides is 1. The molecule has 2 fully saturated rings. The van der Waals surface area contributed by atoms with Gasteiger partial charge >= 0.3 is 0 Å². The van der Waals surface area contributed by atoms with Crippen LogP contribution in [0.15, 0.2) is 6.20 Å². The average molecular weight is 334 g/mol. The van der Waals surface area contributed by atoms with E-state index in [-0.39, 0.29) is 12.5 Å². The van der Waals surface area contributed by atoms with Gasteiger partial charge in [0.2, 0.25) is 5.91 Å². The summed E-state index contributed by atoms with van der Waals surface area (Å²) in [7, 11) is 0. The van der Waals surface area contributed by atoms with Gasteiger partial charge in [-0.1, -0.05) is 30.9 Å². The maximum absolute atomic E-state index is 12.7. The molecule has 3 rings (SSSR count). The van der Waals surface area contributed by atoms with Gasteiger partial charge in [0.15, 0.2) is 0 Å². The number of nitrogens with zero attached hydrogens (tertiary/aromatic N) is 4. The van der Waals surface area contributed by atoms with Crippen molar-refractivity contribution in [3.63, 3.8) is 0 Å². The second-order valence-corrected chi connectivity index (χ2v) is 7.36. The van der Waals surface area contributed by atoms with Crippen LogP contribution in [-0.2, 0) is 17.8 Å². The zero-order valence-corrected chi connectivity index (χ0v) is 14.6. The highest BCUT2D eigenvalue weighted by Gasteiger charge is 2.28. The molecule has 1 saturated heterocycles. The highest BCUT2D eigenvalue weighted by Crippen LogP contribution is 2.27. The van der Waals surface area contributed by atoms with Gasteiger partial charge in [-0.25, -0.2) is 0 Å². The Hall–Kier alpha value is -1.43. The van der Waals surface area contributed by atoms with Crippen LogP contribution in [0.25, 0.3) is 0 Å². The molecular weight excluding hydrogens is 304 g/mol. The third-order valence-electron chi connectivity index (χ3n) is 5.53. The highest BCUT2D eigenvalue weighted by atomic mass is 16.3. The average Bonchev–Trinajstić information content (AvgIpc) is 2.86. The summed E-state index contributed by atoms with van der Waals surface area (Å²) < 4.78 is 1.89. The minimum atomic E-state index is 0.111. The molecule has 1 aliphatic carbocycles. The van der Waals surface area contributed by atoms with E-state index in [9.17, 15) is 4.79 Å². The largest absolute Gasteiger partial charge is 0.396 e. The van der Waals surface area contributed by atoms with Gasteiger partial charge in [0, 0.05) is 44.8 Å². The Morgan fingerprint density at radius 1 is 1.12 bits per heavy atom. The Kier molecular flexibility index (Phi) is 6.24. The molecule has 24 heavy (non-hydrogen) atoms. The van der Waals surface area contributed by atoms with E-state index in [0.29, 0.717) is 18.2 Å². The zero-order valence-electron chi connectivity index (χ0n) is 14.6. The Bertz CT molecular complexity index is 515. The monoisotopic (exact) mass is 334 g/mol. The summed E-state index contributed by atoms with van der Waals surface area (Å²) in [6.07, 6.45) is 11.8. The van der Waals surface area contributed by atoms with Crippen molar-refractivity contribution in [2.75, 3.05) is 19.7 Å². The highest BCUT2D eigenvalue weighted by molar-refractivity contribution is 5.78. The molecule has 1 aromatic heterocycles. The van der Waals surface area contributed by atoms with Crippen molar-refractivity contribution >= 4 is 5.91 Å². The Morgan fingerprint density at radius 3 is 2.50 bits per heavy atom. The van der Waals surface area contributed by atoms with Crippen LogP contribution < -0.4 is 0 Å². The second-order valence-electron chi connectivity index (χ2n) is 7.36. The zero-order chi connectivity index (χ0) is 16.8. The standard InChI is InChI=1S/C18H30N4O2/c23-12-9-17-14-22(20-19-17)13-15-7-10-21(11-8-15)18(24)16-5-3-1-2-4-6-16/h14-16,23H,1-13H2. The topological polar surface area (TPSA) is 71.2 Å². The second kappa shape index (κ2) is 8.60. The van der Waals surface area contributed by atoms with E-state index < -0.39 is 0 Å². The van der Waals surface area contributed by atoms with Crippen molar-refractivity contribution in [1.82, 2.24) is 19.9 Å². The van der Waals surface area contributed by atoms with Crippen molar-refractivity contribution in [1.29, 1.82) is 0 Å². The lowest BCUT2D eigenvalue weighted by atomic mass is 9.93. The first-order chi connectivity index (χ1) is 11.8. The van der Waals surface area contributed by atoms with Gasteiger partial charge in [-0.15, -0.1) is 5.10 Å². The fourth-order valence-corrected chi connectivity index (χ4v) is 4.04. The summed E-state index contributed by atoms with van der Waals surface area (Å²) in [6.45, 7) is 2.75. The number of hydrogen-bond donors (Lipinski definition) is 1. The van der Waals surface area contributed by atoms with E-state index >= 15 is 0 Å². The van der Waals surface area contributed by atoms with Crippen LogP contribution in [0.3, 0.4) is 0 Å². The number of aliphatic hydroxyl groups is 1. The molecule has 1 N–H and O–H groups in total. The first-order valence-electron chi connectivity index (χ1n) is 9.55. The van der Waals surface area contributed by atoms with Crippen molar-refractivity contribution in [2.45, 2.75) is 64.3 Å². The van der Waals surface area contributed by atoms with Crippen molar-refractivity contribution in [2.24, 2.45) is 11.8 Å². The van der Waals surface area contributed by atoms with Crippen LogP contribution >= 0.6 is 0 Å². The van der Waals surface area contributed by atoms with Crippen molar-refractivity contribution in [3.8, 4) is 0 Å². The molecule has 6 nitrogen and oxygen atoms in total. The van der Waals surface area contributed by atoms with Crippen molar-refractivity contribution < 1.29 is 9.90 Å². The van der Waals surface area contributed by atoms with Gasteiger partial charge in [-0.05, 0) is 31.6 Å². The minimum absolute atomic E-state index is 0.111. The molecule has 1 aromatic rings. The van der Waals surface area contributed by atoms with E-state index in [1.807, 2.05) is 10.9 Å². The Morgan fingerprint density at radius 2 is 1.83 bits per heavy atom. The minimum Gasteiger partial charge on any atom is -0.396 e. The molecule has 2 heterocycles. The van der Waals surface area contributed by atoms with Gasteiger partial charge < -0.3 is 10.0 Å². The van der Waals surface area contributed by atoms with Crippen LogP contribution in [-0.4, -0.2) is 50.6 Å². The molecule has 6 heteroatoms. The van der Waals surface area contributed by atoms with Crippen molar-refractivity contribution in [3.05, 3.63) is 11.9 Å². The maximum Gasteiger partial charge on any atom is 0.225 e. The number of aliphatic hydroxyl groups excluding tert-OH is 1. The fraction of sp³-hybridized carbons (Fsp3) is 0.833. The summed E-state index contributed by atoms with van der Waals surface area (Å²) in [4.78, 5) is 14.8. The van der Waals surface area contributed by atoms with E-state index in [1.54, 1.807) is 0 Å². The third kappa shape index (κ3) is 4.56. The molecule has 0 unspecified atom stereocenters. The number of aromatic nitrogens is 3. The molecule has 0 atom stereocenters. The maximum atomic E-state index is 12.7. The summed E-state index contributed by atoms with van der Waals surface area (Å²) >= 11 is 0. The lowest BCUT2D eigenvalue weighted by Crippen LogP contribution is -2.42. The van der Waals surface area contributed by atoms with Crippen LogP contribution in [0.5, 0.6) is 0 Å². The predicted octanol–water partition coefficient (Wildman–Crippen LogP) is 2.02. The van der Waals surface area contributed by atoms with E-state index in [1.165, 1.54) is 25.7 Å². The lowest BCUT2D eigenvalue weighted by molar-refractivity contribution is -0.137. The number of likely N-dealkylation sites (tertiary alicyclic amines) is 1. The summed E-state index contributed by atoms with van der Waals surface area (Å²) in [5.41, 5.74) is 0.846. The van der Waals surface area contributed by atoms with Gasteiger partial charge in [0.05, 0.1) is 5.69 Å². The van der Waals surface area contributed by atoms with E-state index in [0.717, 1.165) is 51.0 Å². The van der Waals surface area contributed by atoms with E-state index in [4.69, 9.17) is 5.11 Å². The molecule has 0 aromatic carbocycles. The van der Waals surface area contributed by atoms with Crippen LogP contribution in [0.1, 0.15) is 57.1 Å². The fourth-order valence-electron chi connectivity index (χ4n) is 4.04. The number of carbonyl (C=O) groups is 1. The molecule has 1 amide bonds. The number of carbonyl (C=O) groups excluding carboxylic acids is 1. The molecule has 0 spiro atoms. The first kappa shape index (κ1) is 17.4. The van der Waals surface area contributed by atoms with Crippen LogP contribution in [0, 0.1) is 11.8 Å². The molecule has 2 aliphatic rings. The number of hydrogen-bond acceptors (Lipinski definition) is 4. The summed E-state index contributed by atoms with van der Waals surface area (Å²) in [5.74, 6) is 1.24. The van der Waals surface area contributed by atoms with E-state index in [2.05, 4.69) is 15.2 Å². The third-order valence-corrected chi connectivity index (χ3v) is 5.53. The Labute approximate surface area is 144 Å². The van der Waals surface area contributed by atoms with Gasteiger partial charge in [-0.2, -0.15) is 0 Å². The molecule has 0 radical (unpaired) electrons. The number of rotatable bonds is 5. The molecule has 1 saturated carbocycles. The summed E-state index contributed by atoms with van der Waals surface area (Å²) in [5, 5.41) is 17.2.